The van der Waals surface area contributed by atoms with Crippen molar-refractivity contribution in [3.63, 3.8) is 0 Å². The van der Waals surface area contributed by atoms with Gasteiger partial charge in [-0.25, -0.2) is 4.98 Å². The molecule has 5 heteroatoms. The summed E-state index contributed by atoms with van der Waals surface area (Å²) in [5, 5.41) is 0.643. The third-order valence-electron chi connectivity index (χ3n) is 2.05. The molecular weight excluding hydrogens is 230 g/mol. The van der Waals surface area contributed by atoms with Gasteiger partial charge in [0.25, 0.3) is 0 Å². The Morgan fingerprint density at radius 2 is 2.33 bits per heavy atom. The Bertz CT molecular complexity index is 326. The predicted molar refractivity (Wildman–Crippen MR) is 68.5 cm³/mol. The Balaban J connectivity index is 2.65. The first kappa shape index (κ1) is 12.2. The molecule has 1 rings (SSSR count). The van der Waals surface area contributed by atoms with Crippen LogP contribution in [-0.2, 0) is 0 Å². The van der Waals surface area contributed by atoms with E-state index in [1.807, 2.05) is 12.1 Å². The first-order valence-electron chi connectivity index (χ1n) is 4.78. The molecular formula is C10H14ClN3S. The Kier molecular flexibility index (Phi) is 4.78. The van der Waals surface area contributed by atoms with Gasteiger partial charge in [-0.15, -0.1) is 0 Å². The number of thiocarbonyl (C=S) groups is 1. The molecule has 82 valence electrons. The molecule has 0 aromatic carbocycles. The fourth-order valence-electron chi connectivity index (χ4n) is 1.23. The van der Waals surface area contributed by atoms with Crippen LogP contribution in [0.25, 0.3) is 0 Å². The van der Waals surface area contributed by atoms with Crippen LogP contribution in [0.2, 0.25) is 5.02 Å². The van der Waals surface area contributed by atoms with E-state index in [1.54, 1.807) is 6.20 Å². The molecule has 0 amide bonds. The number of aromatic nitrogens is 1. The maximum atomic E-state index is 5.77. The fraction of sp³-hybridized carbons (Fsp3) is 0.400. The van der Waals surface area contributed by atoms with Gasteiger partial charge in [0, 0.05) is 25.7 Å². The van der Waals surface area contributed by atoms with Gasteiger partial charge in [-0.2, -0.15) is 0 Å². The molecule has 0 atom stereocenters. The molecule has 0 radical (unpaired) electrons. The number of pyridine rings is 1. The van der Waals surface area contributed by atoms with Crippen LogP contribution >= 0.6 is 23.8 Å². The number of hydrogen-bond donors (Lipinski definition) is 1. The predicted octanol–water partition coefficient (Wildman–Crippen LogP) is 2.24. The van der Waals surface area contributed by atoms with Gasteiger partial charge >= 0.3 is 0 Å². The summed E-state index contributed by atoms with van der Waals surface area (Å²) in [5.74, 6) is 0.901. The lowest BCUT2D eigenvalue weighted by Crippen LogP contribution is -2.27. The first-order chi connectivity index (χ1) is 7.13. The average Bonchev–Trinajstić information content (AvgIpc) is 2.21. The third-order valence-corrected chi connectivity index (χ3v) is 2.47. The number of hydrogen-bond acceptors (Lipinski definition) is 3. The minimum Gasteiger partial charge on any atom is -0.393 e. The summed E-state index contributed by atoms with van der Waals surface area (Å²) >= 11 is 10.6. The van der Waals surface area contributed by atoms with Crippen LogP contribution in [0.3, 0.4) is 0 Å². The van der Waals surface area contributed by atoms with Gasteiger partial charge in [-0.1, -0.05) is 23.8 Å². The summed E-state index contributed by atoms with van der Waals surface area (Å²) in [6.45, 7) is 3.73. The second kappa shape index (κ2) is 5.88. The quantitative estimate of drug-likeness (QED) is 0.806. The van der Waals surface area contributed by atoms with E-state index in [4.69, 9.17) is 29.6 Å². The van der Waals surface area contributed by atoms with Crippen molar-refractivity contribution < 1.29 is 0 Å². The summed E-state index contributed by atoms with van der Waals surface area (Å²) < 4.78 is 0. The number of nitrogens with zero attached hydrogens (tertiary/aromatic N) is 2. The molecule has 0 saturated carbocycles. The molecule has 0 bridgehead atoms. The lowest BCUT2D eigenvalue weighted by Gasteiger charge is -2.21. The zero-order valence-corrected chi connectivity index (χ0v) is 10.2. The summed E-state index contributed by atoms with van der Waals surface area (Å²) in [6, 6.07) is 3.72. The number of halogens is 1. The minimum absolute atomic E-state index is 0.530. The highest BCUT2D eigenvalue weighted by molar-refractivity contribution is 7.80. The Morgan fingerprint density at radius 3 is 2.80 bits per heavy atom. The summed E-state index contributed by atoms with van der Waals surface area (Å²) in [6.07, 6.45) is 2.34. The van der Waals surface area contributed by atoms with Crippen LogP contribution in [0.1, 0.15) is 13.3 Å². The maximum absolute atomic E-state index is 5.77. The van der Waals surface area contributed by atoms with Crippen LogP contribution in [0.5, 0.6) is 0 Å². The molecule has 3 nitrogen and oxygen atoms in total. The highest BCUT2D eigenvalue weighted by Gasteiger charge is 2.05. The second-order valence-corrected chi connectivity index (χ2v) is 4.09. The summed E-state index contributed by atoms with van der Waals surface area (Å²) in [4.78, 5) is 6.87. The molecule has 0 aliphatic heterocycles. The van der Waals surface area contributed by atoms with Crippen molar-refractivity contribution >= 4 is 34.6 Å². The number of nitrogens with two attached hydrogens (primary N) is 1. The molecule has 2 N–H and O–H groups in total. The number of anilines is 1. The Hall–Kier alpha value is -0.870. The smallest absolute Gasteiger partial charge is 0.128 e. The molecule has 0 aliphatic carbocycles. The topological polar surface area (TPSA) is 42.1 Å². The van der Waals surface area contributed by atoms with E-state index in [2.05, 4.69) is 16.8 Å². The van der Waals surface area contributed by atoms with Crippen molar-refractivity contribution in [2.45, 2.75) is 13.3 Å². The third kappa shape index (κ3) is 4.01. The standard InChI is InChI=1S/C10H14ClN3S/c1-2-14(6-5-9(12)15)10-4-3-8(11)7-13-10/h3-4,7H,2,5-6H2,1H3,(H2,12,15). The van der Waals surface area contributed by atoms with E-state index in [0.717, 1.165) is 18.9 Å². The summed E-state index contributed by atoms with van der Waals surface area (Å²) in [5.41, 5.74) is 5.46. The van der Waals surface area contributed by atoms with Gasteiger partial charge in [0.2, 0.25) is 0 Å². The number of rotatable bonds is 5. The SMILES string of the molecule is CCN(CCC(N)=S)c1ccc(Cl)cn1. The van der Waals surface area contributed by atoms with Gasteiger partial charge in [0.05, 0.1) is 10.0 Å². The molecule has 1 aromatic rings. The van der Waals surface area contributed by atoms with E-state index in [9.17, 15) is 0 Å². The lowest BCUT2D eigenvalue weighted by atomic mass is 10.3. The van der Waals surface area contributed by atoms with Crippen LogP contribution < -0.4 is 10.6 Å². The molecule has 1 heterocycles. The molecule has 1 aromatic heterocycles. The first-order valence-corrected chi connectivity index (χ1v) is 5.57. The lowest BCUT2D eigenvalue weighted by molar-refractivity contribution is 0.820. The Labute approximate surface area is 100 Å². The molecule has 0 unspecified atom stereocenters. The normalized spacial score (nSPS) is 10.0. The van der Waals surface area contributed by atoms with Crippen molar-refractivity contribution in [1.29, 1.82) is 0 Å². The molecule has 0 saturated heterocycles. The van der Waals surface area contributed by atoms with Crippen molar-refractivity contribution in [2.75, 3.05) is 18.0 Å². The van der Waals surface area contributed by atoms with Crippen molar-refractivity contribution in [3.8, 4) is 0 Å². The van der Waals surface area contributed by atoms with Crippen molar-refractivity contribution in [3.05, 3.63) is 23.4 Å². The van der Waals surface area contributed by atoms with Crippen LogP contribution in [0.15, 0.2) is 18.3 Å². The van der Waals surface area contributed by atoms with Crippen molar-refractivity contribution in [1.82, 2.24) is 4.98 Å². The van der Waals surface area contributed by atoms with Crippen molar-refractivity contribution in [2.24, 2.45) is 5.73 Å². The van der Waals surface area contributed by atoms with Crippen LogP contribution in [-0.4, -0.2) is 23.1 Å². The van der Waals surface area contributed by atoms with E-state index in [0.29, 0.717) is 16.4 Å². The monoisotopic (exact) mass is 243 g/mol. The highest BCUT2D eigenvalue weighted by Crippen LogP contribution is 2.14. The van der Waals surface area contributed by atoms with Gasteiger partial charge < -0.3 is 10.6 Å². The van der Waals surface area contributed by atoms with Crippen LogP contribution in [0, 0.1) is 0 Å². The summed E-state index contributed by atoms with van der Waals surface area (Å²) in [7, 11) is 0. The Morgan fingerprint density at radius 1 is 1.60 bits per heavy atom. The zero-order chi connectivity index (χ0) is 11.3. The van der Waals surface area contributed by atoms with Gasteiger partial charge in [0.1, 0.15) is 5.82 Å². The van der Waals surface area contributed by atoms with Gasteiger partial charge in [-0.05, 0) is 19.1 Å². The average molecular weight is 244 g/mol. The molecule has 0 aliphatic rings. The highest BCUT2D eigenvalue weighted by atomic mass is 35.5. The zero-order valence-electron chi connectivity index (χ0n) is 8.61. The second-order valence-electron chi connectivity index (χ2n) is 3.13. The van der Waals surface area contributed by atoms with Crippen LogP contribution in [0.4, 0.5) is 5.82 Å². The largest absolute Gasteiger partial charge is 0.393 e. The molecule has 0 fully saturated rings. The van der Waals surface area contributed by atoms with Gasteiger partial charge in [0.15, 0.2) is 0 Å². The van der Waals surface area contributed by atoms with E-state index in [1.165, 1.54) is 0 Å². The molecule has 15 heavy (non-hydrogen) atoms. The minimum atomic E-state index is 0.530. The van der Waals surface area contributed by atoms with E-state index < -0.39 is 0 Å². The van der Waals surface area contributed by atoms with E-state index >= 15 is 0 Å². The maximum Gasteiger partial charge on any atom is 0.128 e. The van der Waals surface area contributed by atoms with E-state index in [-0.39, 0.29) is 0 Å². The molecule has 0 spiro atoms. The van der Waals surface area contributed by atoms with Gasteiger partial charge in [-0.3, -0.25) is 0 Å². The fourth-order valence-corrected chi connectivity index (χ4v) is 1.44.